The summed E-state index contributed by atoms with van der Waals surface area (Å²) in [5.41, 5.74) is 0.626. The molecular formula is C11H18ClNO4. The van der Waals surface area contributed by atoms with Crippen LogP contribution in [0.5, 0.6) is 17.2 Å². The van der Waals surface area contributed by atoms with Crippen LogP contribution in [0.4, 0.5) is 0 Å². The highest BCUT2D eigenvalue weighted by Crippen LogP contribution is 2.38. The molecule has 17 heavy (non-hydrogen) atoms. The molecule has 98 valence electrons. The van der Waals surface area contributed by atoms with Gasteiger partial charge in [-0.3, -0.25) is 0 Å². The number of rotatable bonds is 5. The van der Waals surface area contributed by atoms with Gasteiger partial charge in [-0.2, -0.15) is 0 Å². The number of aliphatic hydroxyl groups is 1. The number of aromatic hydroxyl groups is 1. The molecule has 0 heterocycles. The molecule has 0 aliphatic rings. The van der Waals surface area contributed by atoms with E-state index in [1.807, 2.05) is 0 Å². The SMILES string of the molecule is CNC[C@H](O)c1cc(OC)c(O)c(OC)c1.Cl. The monoisotopic (exact) mass is 263 g/mol. The Morgan fingerprint density at radius 1 is 1.24 bits per heavy atom. The van der Waals surface area contributed by atoms with Crippen molar-refractivity contribution < 1.29 is 19.7 Å². The van der Waals surface area contributed by atoms with Gasteiger partial charge in [0.05, 0.1) is 20.3 Å². The minimum Gasteiger partial charge on any atom is -0.502 e. The van der Waals surface area contributed by atoms with Gasteiger partial charge < -0.3 is 25.0 Å². The molecule has 3 N–H and O–H groups in total. The van der Waals surface area contributed by atoms with Crippen molar-refractivity contribution in [3.05, 3.63) is 17.7 Å². The number of hydrogen-bond acceptors (Lipinski definition) is 5. The molecule has 0 saturated carbocycles. The molecule has 1 aromatic carbocycles. The molecule has 0 saturated heterocycles. The Kier molecular flexibility index (Phi) is 6.72. The van der Waals surface area contributed by atoms with Crippen LogP contribution in [0.15, 0.2) is 12.1 Å². The topological polar surface area (TPSA) is 71.0 Å². The Morgan fingerprint density at radius 2 is 1.71 bits per heavy atom. The lowest BCUT2D eigenvalue weighted by molar-refractivity contribution is 0.176. The summed E-state index contributed by atoms with van der Waals surface area (Å²) in [7, 11) is 4.64. The van der Waals surface area contributed by atoms with Crippen molar-refractivity contribution in [2.75, 3.05) is 27.8 Å². The van der Waals surface area contributed by atoms with E-state index in [1.54, 1.807) is 19.2 Å². The lowest BCUT2D eigenvalue weighted by Gasteiger charge is -2.15. The van der Waals surface area contributed by atoms with E-state index < -0.39 is 6.10 Å². The standard InChI is InChI=1S/C11H17NO4.ClH/c1-12-6-8(13)7-4-9(15-2)11(14)10(5-7)16-3;/h4-5,8,12-14H,6H2,1-3H3;1H/t8-;/m0./s1. The van der Waals surface area contributed by atoms with E-state index >= 15 is 0 Å². The van der Waals surface area contributed by atoms with E-state index in [2.05, 4.69) is 5.32 Å². The van der Waals surface area contributed by atoms with Crippen LogP contribution in [0.1, 0.15) is 11.7 Å². The predicted octanol–water partition coefficient (Wildman–Crippen LogP) is 1.08. The largest absolute Gasteiger partial charge is 0.502 e. The number of methoxy groups -OCH3 is 2. The van der Waals surface area contributed by atoms with Crippen molar-refractivity contribution in [1.82, 2.24) is 5.32 Å². The highest BCUT2D eigenvalue weighted by molar-refractivity contribution is 5.85. The quantitative estimate of drug-likeness (QED) is 0.742. The first-order valence-electron chi connectivity index (χ1n) is 4.91. The summed E-state index contributed by atoms with van der Waals surface area (Å²) < 4.78 is 9.99. The van der Waals surface area contributed by atoms with Crippen LogP contribution in [0, 0.1) is 0 Å². The number of hydrogen-bond donors (Lipinski definition) is 3. The van der Waals surface area contributed by atoms with E-state index in [0.29, 0.717) is 12.1 Å². The third kappa shape index (κ3) is 3.66. The van der Waals surface area contributed by atoms with Crippen LogP contribution in [-0.4, -0.2) is 38.0 Å². The molecule has 1 aromatic rings. The van der Waals surface area contributed by atoms with Gasteiger partial charge in [0.15, 0.2) is 11.5 Å². The number of phenolic OH excluding ortho intramolecular Hbond substituents is 1. The Labute approximate surface area is 107 Å². The van der Waals surface area contributed by atoms with Gasteiger partial charge in [0, 0.05) is 6.54 Å². The maximum absolute atomic E-state index is 9.80. The molecule has 0 bridgehead atoms. The number of nitrogens with one attached hydrogen (secondary N) is 1. The zero-order valence-corrected chi connectivity index (χ0v) is 10.9. The maximum atomic E-state index is 9.80. The number of phenols is 1. The van der Waals surface area contributed by atoms with Crippen molar-refractivity contribution >= 4 is 12.4 Å². The molecule has 1 atom stereocenters. The summed E-state index contributed by atoms with van der Waals surface area (Å²) in [6.45, 7) is 0.414. The van der Waals surface area contributed by atoms with Gasteiger partial charge in [-0.05, 0) is 24.7 Å². The first-order chi connectivity index (χ1) is 7.63. The van der Waals surface area contributed by atoms with E-state index in [9.17, 15) is 10.2 Å². The minimum atomic E-state index is -0.673. The van der Waals surface area contributed by atoms with Gasteiger partial charge in [0.2, 0.25) is 5.75 Å². The van der Waals surface area contributed by atoms with Crippen LogP contribution < -0.4 is 14.8 Å². The van der Waals surface area contributed by atoms with Gasteiger partial charge in [-0.15, -0.1) is 12.4 Å². The van der Waals surface area contributed by atoms with Crippen LogP contribution in [-0.2, 0) is 0 Å². The molecular weight excluding hydrogens is 246 g/mol. The van der Waals surface area contributed by atoms with Crippen molar-refractivity contribution in [3.8, 4) is 17.2 Å². The predicted molar refractivity (Wildman–Crippen MR) is 67.3 cm³/mol. The van der Waals surface area contributed by atoms with Crippen molar-refractivity contribution in [1.29, 1.82) is 0 Å². The fourth-order valence-corrected chi connectivity index (χ4v) is 1.42. The van der Waals surface area contributed by atoms with Gasteiger partial charge in [-0.25, -0.2) is 0 Å². The minimum absolute atomic E-state index is 0. The zero-order valence-electron chi connectivity index (χ0n) is 10.1. The molecule has 0 unspecified atom stereocenters. The summed E-state index contributed by atoms with van der Waals surface area (Å²) in [4.78, 5) is 0. The van der Waals surface area contributed by atoms with Crippen molar-refractivity contribution in [3.63, 3.8) is 0 Å². The molecule has 0 aliphatic carbocycles. The van der Waals surface area contributed by atoms with Gasteiger partial charge in [-0.1, -0.05) is 0 Å². The summed E-state index contributed by atoms with van der Waals surface area (Å²) in [5, 5.41) is 22.3. The highest BCUT2D eigenvalue weighted by atomic mass is 35.5. The zero-order chi connectivity index (χ0) is 12.1. The third-order valence-electron chi connectivity index (χ3n) is 2.28. The Balaban J connectivity index is 0.00000256. The molecule has 0 amide bonds. The average molecular weight is 264 g/mol. The molecule has 0 radical (unpaired) electrons. The molecule has 0 aromatic heterocycles. The molecule has 0 aliphatic heterocycles. The molecule has 1 rings (SSSR count). The summed E-state index contributed by atoms with van der Waals surface area (Å²) in [6, 6.07) is 3.17. The van der Waals surface area contributed by atoms with E-state index in [1.165, 1.54) is 14.2 Å². The number of halogens is 1. The smallest absolute Gasteiger partial charge is 0.200 e. The summed E-state index contributed by atoms with van der Waals surface area (Å²) in [5.74, 6) is 0.499. The lowest BCUT2D eigenvalue weighted by atomic mass is 10.1. The van der Waals surface area contributed by atoms with Crippen LogP contribution in [0.25, 0.3) is 0 Å². The highest BCUT2D eigenvalue weighted by Gasteiger charge is 2.15. The lowest BCUT2D eigenvalue weighted by Crippen LogP contribution is -2.16. The van der Waals surface area contributed by atoms with Crippen molar-refractivity contribution in [2.45, 2.75) is 6.10 Å². The fraction of sp³-hybridized carbons (Fsp3) is 0.455. The first kappa shape index (κ1) is 15.8. The molecule has 6 heteroatoms. The van der Waals surface area contributed by atoms with Gasteiger partial charge in [0.25, 0.3) is 0 Å². The van der Waals surface area contributed by atoms with Crippen LogP contribution in [0.3, 0.4) is 0 Å². The number of aliphatic hydroxyl groups excluding tert-OH is 1. The van der Waals surface area contributed by atoms with E-state index in [4.69, 9.17) is 9.47 Å². The second-order valence-corrected chi connectivity index (χ2v) is 3.35. The fourth-order valence-electron chi connectivity index (χ4n) is 1.42. The Hall–Kier alpha value is -1.17. The second-order valence-electron chi connectivity index (χ2n) is 3.35. The molecule has 5 nitrogen and oxygen atoms in total. The van der Waals surface area contributed by atoms with E-state index in [-0.39, 0.29) is 29.7 Å². The van der Waals surface area contributed by atoms with E-state index in [0.717, 1.165) is 0 Å². The molecule has 0 spiro atoms. The first-order valence-corrected chi connectivity index (χ1v) is 4.91. The Bertz CT molecular complexity index is 334. The number of benzene rings is 1. The maximum Gasteiger partial charge on any atom is 0.200 e. The van der Waals surface area contributed by atoms with Crippen molar-refractivity contribution in [2.24, 2.45) is 0 Å². The third-order valence-corrected chi connectivity index (χ3v) is 2.28. The number of likely N-dealkylation sites (N-methyl/N-ethyl adjacent to an activating group) is 1. The average Bonchev–Trinajstić information content (AvgIpc) is 2.29. The van der Waals surface area contributed by atoms with Gasteiger partial charge >= 0.3 is 0 Å². The number of ether oxygens (including phenoxy) is 2. The Morgan fingerprint density at radius 3 is 2.06 bits per heavy atom. The van der Waals surface area contributed by atoms with Crippen LogP contribution in [0.2, 0.25) is 0 Å². The summed E-state index contributed by atoms with van der Waals surface area (Å²) in [6.07, 6.45) is -0.673. The summed E-state index contributed by atoms with van der Waals surface area (Å²) >= 11 is 0. The second kappa shape index (κ2) is 7.21. The van der Waals surface area contributed by atoms with Crippen LogP contribution >= 0.6 is 12.4 Å². The van der Waals surface area contributed by atoms with Gasteiger partial charge in [0.1, 0.15) is 0 Å². The normalized spacial score (nSPS) is 11.5. The molecule has 0 fully saturated rings.